The van der Waals surface area contributed by atoms with Gasteiger partial charge in [-0.2, -0.15) is 0 Å². The SMILES string of the molecule is CCCOc1cccc(C2C(OC(=O)O)=C(C)NC(C)=C2OC(=O)OC)c1. The zero-order valence-electron chi connectivity index (χ0n) is 15.7. The summed E-state index contributed by atoms with van der Waals surface area (Å²) in [6.07, 6.45) is -1.53. The van der Waals surface area contributed by atoms with E-state index in [-0.39, 0.29) is 11.5 Å². The minimum Gasteiger partial charge on any atom is -0.494 e. The fourth-order valence-electron chi connectivity index (χ4n) is 2.76. The van der Waals surface area contributed by atoms with Crippen molar-refractivity contribution in [3.8, 4) is 5.75 Å². The number of carbonyl (C=O) groups excluding carboxylic acids is 1. The molecule has 0 bridgehead atoms. The highest BCUT2D eigenvalue weighted by atomic mass is 16.7. The van der Waals surface area contributed by atoms with Crippen LogP contribution in [0.25, 0.3) is 0 Å². The summed E-state index contributed by atoms with van der Waals surface area (Å²) in [7, 11) is 1.19. The number of allylic oxidation sites excluding steroid dienone is 2. The third-order valence-electron chi connectivity index (χ3n) is 3.86. The first-order chi connectivity index (χ1) is 12.9. The van der Waals surface area contributed by atoms with Crippen LogP contribution >= 0.6 is 0 Å². The molecule has 8 nitrogen and oxygen atoms in total. The molecule has 1 unspecified atom stereocenters. The molecule has 0 aromatic heterocycles. The van der Waals surface area contributed by atoms with Crippen LogP contribution in [0, 0.1) is 0 Å². The van der Waals surface area contributed by atoms with E-state index < -0.39 is 18.2 Å². The van der Waals surface area contributed by atoms with Gasteiger partial charge in [-0.15, -0.1) is 0 Å². The Morgan fingerprint density at radius 2 is 1.81 bits per heavy atom. The molecule has 1 aliphatic heterocycles. The maximum Gasteiger partial charge on any atom is 0.513 e. The van der Waals surface area contributed by atoms with Gasteiger partial charge < -0.3 is 29.4 Å². The summed E-state index contributed by atoms with van der Waals surface area (Å²) in [4.78, 5) is 22.9. The molecule has 0 saturated carbocycles. The molecule has 0 radical (unpaired) electrons. The molecule has 1 heterocycles. The second kappa shape index (κ2) is 8.98. The number of carbonyl (C=O) groups is 2. The molecule has 0 spiro atoms. The molecule has 0 amide bonds. The third-order valence-corrected chi connectivity index (χ3v) is 3.86. The fourth-order valence-corrected chi connectivity index (χ4v) is 2.76. The van der Waals surface area contributed by atoms with Gasteiger partial charge in [-0.05, 0) is 38.0 Å². The first-order valence-corrected chi connectivity index (χ1v) is 8.45. The molecule has 2 N–H and O–H groups in total. The quantitative estimate of drug-likeness (QED) is 0.714. The Hall–Kier alpha value is -3.16. The molecule has 1 atom stereocenters. The molecule has 146 valence electrons. The third kappa shape index (κ3) is 4.93. The first kappa shape index (κ1) is 20.2. The molecular formula is C19H23NO7. The molecule has 2 rings (SSSR count). The minimum atomic E-state index is -1.47. The van der Waals surface area contributed by atoms with Crippen molar-refractivity contribution < 1.29 is 33.6 Å². The van der Waals surface area contributed by atoms with Crippen molar-refractivity contribution in [2.75, 3.05) is 13.7 Å². The first-order valence-electron chi connectivity index (χ1n) is 8.45. The van der Waals surface area contributed by atoms with Crippen LogP contribution in [0.15, 0.2) is 47.2 Å². The zero-order valence-corrected chi connectivity index (χ0v) is 15.7. The molecule has 0 fully saturated rings. The minimum absolute atomic E-state index is 0.111. The van der Waals surface area contributed by atoms with Gasteiger partial charge in [0.05, 0.1) is 25.1 Å². The van der Waals surface area contributed by atoms with Gasteiger partial charge in [0.2, 0.25) is 0 Å². The Labute approximate surface area is 157 Å². The second-order valence-electron chi connectivity index (χ2n) is 5.88. The van der Waals surface area contributed by atoms with Crippen molar-refractivity contribution >= 4 is 12.3 Å². The van der Waals surface area contributed by atoms with Crippen molar-refractivity contribution in [3.63, 3.8) is 0 Å². The summed E-state index contributed by atoms with van der Waals surface area (Å²) >= 11 is 0. The Morgan fingerprint density at radius 3 is 2.41 bits per heavy atom. The molecule has 1 aromatic rings. The number of nitrogens with one attached hydrogen (secondary N) is 1. The van der Waals surface area contributed by atoms with E-state index in [1.165, 1.54) is 7.11 Å². The van der Waals surface area contributed by atoms with E-state index in [1.54, 1.807) is 38.1 Å². The van der Waals surface area contributed by atoms with E-state index >= 15 is 0 Å². The van der Waals surface area contributed by atoms with Crippen molar-refractivity contribution in [1.29, 1.82) is 0 Å². The number of methoxy groups -OCH3 is 1. The van der Waals surface area contributed by atoms with Crippen LogP contribution in [-0.4, -0.2) is 31.1 Å². The van der Waals surface area contributed by atoms with Gasteiger partial charge in [-0.1, -0.05) is 19.1 Å². The van der Waals surface area contributed by atoms with E-state index in [4.69, 9.17) is 19.3 Å². The van der Waals surface area contributed by atoms with Crippen LogP contribution in [0.3, 0.4) is 0 Å². The molecule has 0 aliphatic carbocycles. The summed E-state index contributed by atoms with van der Waals surface area (Å²) in [6.45, 7) is 5.93. The molecule has 27 heavy (non-hydrogen) atoms. The van der Waals surface area contributed by atoms with Gasteiger partial charge >= 0.3 is 12.3 Å². The van der Waals surface area contributed by atoms with Crippen LogP contribution in [0.2, 0.25) is 0 Å². The summed E-state index contributed by atoms with van der Waals surface area (Å²) < 4.78 is 20.6. The number of ether oxygens (including phenoxy) is 4. The Bertz CT molecular complexity index is 782. The molecular weight excluding hydrogens is 354 g/mol. The topological polar surface area (TPSA) is 103 Å². The molecule has 8 heteroatoms. The molecule has 1 aliphatic rings. The lowest BCUT2D eigenvalue weighted by Crippen LogP contribution is -2.28. The van der Waals surface area contributed by atoms with Crippen LogP contribution in [0.1, 0.15) is 38.7 Å². The summed E-state index contributed by atoms with van der Waals surface area (Å²) in [6, 6.07) is 7.12. The maximum atomic E-state index is 11.7. The van der Waals surface area contributed by atoms with Crippen LogP contribution in [0.5, 0.6) is 5.75 Å². The van der Waals surface area contributed by atoms with Gasteiger partial charge in [0.1, 0.15) is 23.2 Å². The van der Waals surface area contributed by atoms with Crippen molar-refractivity contribution in [2.24, 2.45) is 0 Å². The Kier molecular flexibility index (Phi) is 6.70. The average Bonchev–Trinajstić information content (AvgIpc) is 2.63. The van der Waals surface area contributed by atoms with Gasteiger partial charge in [0.25, 0.3) is 0 Å². The summed E-state index contributed by atoms with van der Waals surface area (Å²) in [5, 5.41) is 12.1. The van der Waals surface area contributed by atoms with Crippen molar-refractivity contribution in [1.82, 2.24) is 5.32 Å². The van der Waals surface area contributed by atoms with Crippen molar-refractivity contribution in [3.05, 3.63) is 52.7 Å². The van der Waals surface area contributed by atoms with Crippen LogP contribution < -0.4 is 10.1 Å². The highest BCUT2D eigenvalue weighted by Crippen LogP contribution is 2.40. The summed E-state index contributed by atoms with van der Waals surface area (Å²) in [5.41, 5.74) is 1.69. The van der Waals surface area contributed by atoms with E-state index in [9.17, 15) is 9.59 Å². The van der Waals surface area contributed by atoms with Gasteiger partial charge in [-0.25, -0.2) is 9.59 Å². The van der Waals surface area contributed by atoms with Gasteiger partial charge in [-0.3, -0.25) is 0 Å². The second-order valence-corrected chi connectivity index (χ2v) is 5.88. The fraction of sp³-hybridized carbons (Fsp3) is 0.368. The number of hydrogen-bond acceptors (Lipinski definition) is 7. The average molecular weight is 377 g/mol. The van der Waals surface area contributed by atoms with Crippen LogP contribution in [0.4, 0.5) is 9.59 Å². The lowest BCUT2D eigenvalue weighted by atomic mass is 9.90. The number of hydrogen-bond donors (Lipinski definition) is 2. The lowest BCUT2D eigenvalue weighted by Gasteiger charge is -2.30. The predicted octanol–water partition coefficient (Wildman–Crippen LogP) is 4.10. The molecule has 1 aromatic carbocycles. The smallest absolute Gasteiger partial charge is 0.494 e. The zero-order chi connectivity index (χ0) is 20.0. The Morgan fingerprint density at radius 1 is 1.15 bits per heavy atom. The summed E-state index contributed by atoms with van der Waals surface area (Å²) in [5.74, 6) is 0.165. The van der Waals surface area contributed by atoms with E-state index in [1.807, 2.05) is 6.92 Å². The number of dihydropyridines is 1. The number of benzene rings is 1. The highest BCUT2D eigenvalue weighted by molar-refractivity contribution is 5.64. The predicted molar refractivity (Wildman–Crippen MR) is 96.1 cm³/mol. The normalized spacial score (nSPS) is 16.5. The van der Waals surface area contributed by atoms with Gasteiger partial charge in [0, 0.05) is 0 Å². The Balaban J connectivity index is 2.52. The van der Waals surface area contributed by atoms with E-state index in [0.29, 0.717) is 29.3 Å². The number of carboxylic acid groups (broad SMARTS) is 1. The van der Waals surface area contributed by atoms with E-state index in [0.717, 1.165) is 6.42 Å². The maximum absolute atomic E-state index is 11.7. The van der Waals surface area contributed by atoms with E-state index in [2.05, 4.69) is 10.1 Å². The van der Waals surface area contributed by atoms with Crippen LogP contribution in [-0.2, 0) is 14.2 Å². The standard InChI is InChI=1S/C19H23NO7/c1-5-9-25-14-8-6-7-13(10-14)15-16(26-18(21)22)11(2)20-12(3)17(15)27-19(23)24-4/h6-8,10,15,20H,5,9H2,1-4H3,(H,21,22). The number of rotatable bonds is 6. The largest absolute Gasteiger partial charge is 0.513 e. The van der Waals surface area contributed by atoms with Gasteiger partial charge in [0.15, 0.2) is 0 Å². The highest BCUT2D eigenvalue weighted by Gasteiger charge is 2.35. The monoisotopic (exact) mass is 377 g/mol. The lowest BCUT2D eigenvalue weighted by molar-refractivity contribution is 0.0848. The molecule has 0 saturated heterocycles. The van der Waals surface area contributed by atoms with Crippen molar-refractivity contribution in [2.45, 2.75) is 33.1 Å².